The standard InChI is InChI=1S/C13H20N2O2S2/c1-9-5-12(6-13(14)10(9)2)19(16,17)15-7-11-3-4-18-8-11/h5-6,11,15H,3-4,7-8,14H2,1-2H3. The van der Waals surface area contributed by atoms with E-state index >= 15 is 0 Å². The first-order valence-corrected chi connectivity index (χ1v) is 8.98. The van der Waals surface area contributed by atoms with Gasteiger partial charge < -0.3 is 5.73 Å². The van der Waals surface area contributed by atoms with Crippen molar-refractivity contribution in [3.63, 3.8) is 0 Å². The third-order valence-electron chi connectivity index (χ3n) is 3.58. The van der Waals surface area contributed by atoms with Gasteiger partial charge >= 0.3 is 0 Å². The predicted octanol–water partition coefficient (Wildman–Crippen LogP) is 1.92. The van der Waals surface area contributed by atoms with Gasteiger partial charge in [0.2, 0.25) is 10.0 Å². The van der Waals surface area contributed by atoms with Gasteiger partial charge in [-0.1, -0.05) is 0 Å². The van der Waals surface area contributed by atoms with Crippen molar-refractivity contribution in [3.05, 3.63) is 23.3 Å². The van der Waals surface area contributed by atoms with Gasteiger partial charge in [0.1, 0.15) is 0 Å². The van der Waals surface area contributed by atoms with Crippen molar-refractivity contribution in [2.45, 2.75) is 25.2 Å². The van der Waals surface area contributed by atoms with Gasteiger partial charge in [0.15, 0.2) is 0 Å². The Kier molecular flexibility index (Phi) is 4.43. The minimum Gasteiger partial charge on any atom is -0.398 e. The van der Waals surface area contributed by atoms with Crippen LogP contribution in [-0.4, -0.2) is 26.5 Å². The number of nitrogen functional groups attached to an aromatic ring is 1. The highest BCUT2D eigenvalue weighted by molar-refractivity contribution is 7.99. The van der Waals surface area contributed by atoms with Gasteiger partial charge in [-0.3, -0.25) is 0 Å². The van der Waals surface area contributed by atoms with E-state index in [1.54, 1.807) is 6.07 Å². The van der Waals surface area contributed by atoms with E-state index in [4.69, 9.17) is 5.73 Å². The van der Waals surface area contributed by atoms with E-state index in [0.29, 0.717) is 18.2 Å². The lowest BCUT2D eigenvalue weighted by Gasteiger charge is -2.13. The third-order valence-corrected chi connectivity index (χ3v) is 6.21. The molecule has 1 saturated heterocycles. The largest absolute Gasteiger partial charge is 0.398 e. The van der Waals surface area contributed by atoms with Crippen LogP contribution in [0.4, 0.5) is 5.69 Å². The summed E-state index contributed by atoms with van der Waals surface area (Å²) in [4.78, 5) is 0.263. The fourth-order valence-electron chi connectivity index (χ4n) is 2.06. The topological polar surface area (TPSA) is 72.2 Å². The Balaban J connectivity index is 2.14. The second-order valence-electron chi connectivity index (χ2n) is 5.04. The van der Waals surface area contributed by atoms with Crippen LogP contribution < -0.4 is 10.5 Å². The van der Waals surface area contributed by atoms with Crippen molar-refractivity contribution in [1.82, 2.24) is 4.72 Å². The summed E-state index contributed by atoms with van der Waals surface area (Å²) in [5.74, 6) is 2.62. The maximum Gasteiger partial charge on any atom is 0.240 e. The molecule has 4 nitrogen and oxygen atoms in total. The molecule has 2 rings (SSSR count). The summed E-state index contributed by atoms with van der Waals surface area (Å²) in [6.07, 6.45) is 1.09. The van der Waals surface area contributed by atoms with Crippen molar-refractivity contribution in [2.75, 3.05) is 23.8 Å². The molecule has 0 saturated carbocycles. The van der Waals surface area contributed by atoms with E-state index in [2.05, 4.69) is 4.72 Å². The predicted molar refractivity (Wildman–Crippen MR) is 80.9 cm³/mol. The van der Waals surface area contributed by atoms with Crippen LogP contribution in [0.25, 0.3) is 0 Å². The molecule has 1 heterocycles. The Labute approximate surface area is 119 Å². The fraction of sp³-hybridized carbons (Fsp3) is 0.538. The number of anilines is 1. The number of nitrogens with one attached hydrogen (secondary N) is 1. The average Bonchev–Trinajstić information content (AvgIpc) is 2.86. The average molecular weight is 300 g/mol. The fourth-order valence-corrected chi connectivity index (χ4v) is 4.58. The minimum atomic E-state index is -3.45. The van der Waals surface area contributed by atoms with Crippen LogP contribution in [0.1, 0.15) is 17.5 Å². The van der Waals surface area contributed by atoms with Crippen LogP contribution in [0.3, 0.4) is 0 Å². The maximum absolute atomic E-state index is 12.2. The molecule has 1 aliphatic heterocycles. The van der Waals surface area contributed by atoms with E-state index in [0.717, 1.165) is 29.1 Å². The molecule has 1 fully saturated rings. The summed E-state index contributed by atoms with van der Waals surface area (Å²) in [6.45, 7) is 4.28. The quantitative estimate of drug-likeness (QED) is 0.833. The zero-order valence-corrected chi connectivity index (χ0v) is 12.9. The Morgan fingerprint density at radius 3 is 2.74 bits per heavy atom. The van der Waals surface area contributed by atoms with E-state index in [9.17, 15) is 8.42 Å². The number of benzene rings is 1. The minimum absolute atomic E-state index is 0.263. The Hall–Kier alpha value is -0.720. The van der Waals surface area contributed by atoms with Gasteiger partial charge in [-0.15, -0.1) is 0 Å². The number of rotatable bonds is 4. The van der Waals surface area contributed by atoms with E-state index < -0.39 is 10.0 Å². The van der Waals surface area contributed by atoms with Crippen molar-refractivity contribution in [2.24, 2.45) is 5.92 Å². The summed E-state index contributed by atoms with van der Waals surface area (Å²) < 4.78 is 27.2. The molecule has 3 N–H and O–H groups in total. The molecule has 0 aliphatic carbocycles. The highest BCUT2D eigenvalue weighted by atomic mass is 32.2. The molecule has 0 aromatic heterocycles. The molecule has 1 aromatic rings. The summed E-state index contributed by atoms with van der Waals surface area (Å²) in [7, 11) is -3.45. The van der Waals surface area contributed by atoms with Crippen LogP contribution in [0.2, 0.25) is 0 Å². The second-order valence-corrected chi connectivity index (χ2v) is 7.95. The molecule has 0 amide bonds. The van der Waals surface area contributed by atoms with E-state index in [-0.39, 0.29) is 4.90 Å². The molecule has 106 valence electrons. The summed E-state index contributed by atoms with van der Waals surface area (Å²) >= 11 is 1.88. The van der Waals surface area contributed by atoms with Gasteiger partial charge in [0.25, 0.3) is 0 Å². The highest BCUT2D eigenvalue weighted by Gasteiger charge is 2.20. The maximum atomic E-state index is 12.2. The number of aryl methyl sites for hydroxylation is 1. The first-order chi connectivity index (χ1) is 8.90. The Bertz CT molecular complexity index is 541. The number of thioether (sulfide) groups is 1. The molecule has 19 heavy (non-hydrogen) atoms. The third kappa shape index (κ3) is 3.43. The smallest absolute Gasteiger partial charge is 0.240 e. The molecular formula is C13H20N2O2S2. The Morgan fingerprint density at radius 2 is 2.16 bits per heavy atom. The van der Waals surface area contributed by atoms with Gasteiger partial charge in [-0.2, -0.15) is 11.8 Å². The molecule has 1 atom stereocenters. The molecule has 1 aromatic carbocycles. The molecule has 0 bridgehead atoms. The summed E-state index contributed by atoms with van der Waals surface area (Å²) in [6, 6.07) is 3.21. The molecule has 6 heteroatoms. The van der Waals surface area contributed by atoms with Crippen LogP contribution >= 0.6 is 11.8 Å². The van der Waals surface area contributed by atoms with Gasteiger partial charge in [0, 0.05) is 12.2 Å². The number of hydrogen-bond donors (Lipinski definition) is 2. The lowest BCUT2D eigenvalue weighted by atomic mass is 10.1. The number of sulfonamides is 1. The van der Waals surface area contributed by atoms with E-state index in [1.165, 1.54) is 6.07 Å². The van der Waals surface area contributed by atoms with Gasteiger partial charge in [-0.05, 0) is 61.0 Å². The Morgan fingerprint density at radius 1 is 1.42 bits per heavy atom. The molecule has 0 spiro atoms. The highest BCUT2D eigenvalue weighted by Crippen LogP contribution is 2.24. The molecule has 1 unspecified atom stereocenters. The van der Waals surface area contributed by atoms with Crippen molar-refractivity contribution in [3.8, 4) is 0 Å². The zero-order valence-electron chi connectivity index (χ0n) is 11.3. The summed E-state index contributed by atoms with van der Waals surface area (Å²) in [5.41, 5.74) is 8.20. The van der Waals surface area contributed by atoms with Crippen molar-refractivity contribution >= 4 is 27.5 Å². The number of nitrogens with two attached hydrogens (primary N) is 1. The lowest BCUT2D eigenvalue weighted by Crippen LogP contribution is -2.29. The van der Waals surface area contributed by atoms with Crippen LogP contribution in [0, 0.1) is 19.8 Å². The molecule has 1 aliphatic rings. The normalized spacial score (nSPS) is 19.8. The summed E-state index contributed by atoms with van der Waals surface area (Å²) in [5, 5.41) is 0. The monoisotopic (exact) mass is 300 g/mol. The second kappa shape index (κ2) is 5.73. The molecule has 0 radical (unpaired) electrons. The zero-order chi connectivity index (χ0) is 14.0. The van der Waals surface area contributed by atoms with Gasteiger partial charge in [-0.25, -0.2) is 13.1 Å². The van der Waals surface area contributed by atoms with E-state index in [1.807, 2.05) is 25.6 Å². The van der Waals surface area contributed by atoms with Gasteiger partial charge in [0.05, 0.1) is 4.90 Å². The molecular weight excluding hydrogens is 280 g/mol. The first-order valence-electron chi connectivity index (χ1n) is 6.34. The first kappa shape index (κ1) is 14.7. The number of hydrogen-bond acceptors (Lipinski definition) is 4. The van der Waals surface area contributed by atoms with Crippen LogP contribution in [-0.2, 0) is 10.0 Å². The SMILES string of the molecule is Cc1cc(S(=O)(=O)NCC2CCSC2)cc(N)c1C. The van der Waals surface area contributed by atoms with Crippen molar-refractivity contribution < 1.29 is 8.42 Å². The van der Waals surface area contributed by atoms with Crippen LogP contribution in [0.15, 0.2) is 17.0 Å². The van der Waals surface area contributed by atoms with Crippen LogP contribution in [0.5, 0.6) is 0 Å². The lowest BCUT2D eigenvalue weighted by molar-refractivity contribution is 0.546. The van der Waals surface area contributed by atoms with Crippen molar-refractivity contribution in [1.29, 1.82) is 0 Å².